The Kier molecular flexibility index (Phi) is 4.48. The molecular weight excluding hydrogens is 280 g/mol. The van der Waals surface area contributed by atoms with E-state index in [1.165, 1.54) is 9.75 Å². The molecule has 0 unspecified atom stereocenters. The Balaban J connectivity index is 1.50. The largest absolute Gasteiger partial charge is 0.492 e. The number of pyridine rings is 1. The van der Waals surface area contributed by atoms with Crippen molar-refractivity contribution in [3.05, 3.63) is 58.4 Å². The summed E-state index contributed by atoms with van der Waals surface area (Å²) in [5.74, 6) is 0.898. The molecule has 2 aromatic heterocycles. The van der Waals surface area contributed by atoms with Gasteiger partial charge in [0.2, 0.25) is 0 Å². The third-order valence-electron chi connectivity index (χ3n) is 3.24. The molecule has 3 nitrogen and oxygen atoms in total. The molecule has 0 atom stereocenters. The number of nitrogens with one attached hydrogen (secondary N) is 1. The highest BCUT2D eigenvalue weighted by molar-refractivity contribution is 7.11. The van der Waals surface area contributed by atoms with Gasteiger partial charge in [0, 0.05) is 34.4 Å². The van der Waals surface area contributed by atoms with Crippen LogP contribution in [-0.2, 0) is 6.54 Å². The van der Waals surface area contributed by atoms with Crippen LogP contribution in [0.3, 0.4) is 0 Å². The molecule has 1 N–H and O–H groups in total. The van der Waals surface area contributed by atoms with Gasteiger partial charge >= 0.3 is 0 Å². The van der Waals surface area contributed by atoms with Crippen LogP contribution in [0.15, 0.2) is 48.7 Å². The average Bonchev–Trinajstić information content (AvgIpc) is 2.92. The van der Waals surface area contributed by atoms with Gasteiger partial charge in [-0.05, 0) is 43.3 Å². The van der Waals surface area contributed by atoms with Gasteiger partial charge in [-0.15, -0.1) is 11.3 Å². The number of rotatable bonds is 6. The van der Waals surface area contributed by atoms with Crippen LogP contribution in [0.4, 0.5) is 0 Å². The maximum atomic E-state index is 5.86. The lowest BCUT2D eigenvalue weighted by Crippen LogP contribution is -2.20. The number of fused-ring (bicyclic) bond motifs is 1. The molecule has 0 spiro atoms. The summed E-state index contributed by atoms with van der Waals surface area (Å²) in [6.45, 7) is 4.51. The molecular formula is C17H18N2OS. The summed E-state index contributed by atoms with van der Waals surface area (Å²) in [6.07, 6.45) is 1.80. The van der Waals surface area contributed by atoms with Gasteiger partial charge in [0.25, 0.3) is 0 Å². The second-order valence-electron chi connectivity index (χ2n) is 4.86. The SMILES string of the molecule is Cc1ccc(CNCCOc2cccc3ncccc23)s1. The minimum atomic E-state index is 0.651. The third-order valence-corrected chi connectivity index (χ3v) is 4.24. The first-order valence-corrected chi connectivity index (χ1v) is 7.87. The maximum absolute atomic E-state index is 5.86. The molecule has 3 rings (SSSR count). The van der Waals surface area contributed by atoms with Crippen LogP contribution in [0, 0.1) is 6.92 Å². The van der Waals surface area contributed by atoms with E-state index in [4.69, 9.17) is 4.74 Å². The first-order chi connectivity index (χ1) is 10.3. The minimum absolute atomic E-state index is 0.651. The molecule has 0 saturated heterocycles. The number of ether oxygens (including phenoxy) is 1. The highest BCUT2D eigenvalue weighted by atomic mass is 32.1. The molecule has 0 bridgehead atoms. The summed E-state index contributed by atoms with van der Waals surface area (Å²) in [5, 5.41) is 4.47. The predicted molar refractivity (Wildman–Crippen MR) is 88.0 cm³/mol. The molecule has 21 heavy (non-hydrogen) atoms. The van der Waals surface area contributed by atoms with Gasteiger partial charge in [-0.2, -0.15) is 0 Å². The molecule has 3 aromatic rings. The summed E-state index contributed by atoms with van der Waals surface area (Å²) in [7, 11) is 0. The van der Waals surface area contributed by atoms with Crippen molar-refractivity contribution in [3.8, 4) is 5.75 Å². The average molecular weight is 298 g/mol. The smallest absolute Gasteiger partial charge is 0.128 e. The van der Waals surface area contributed by atoms with Gasteiger partial charge in [-0.25, -0.2) is 0 Å². The molecule has 0 aliphatic rings. The van der Waals surface area contributed by atoms with E-state index in [2.05, 4.69) is 29.4 Å². The molecule has 0 amide bonds. The minimum Gasteiger partial charge on any atom is -0.492 e. The molecule has 0 fully saturated rings. The number of benzene rings is 1. The molecule has 0 saturated carbocycles. The second kappa shape index (κ2) is 6.70. The van der Waals surface area contributed by atoms with Gasteiger partial charge in [-0.1, -0.05) is 6.07 Å². The number of hydrogen-bond acceptors (Lipinski definition) is 4. The number of nitrogens with zero attached hydrogens (tertiary/aromatic N) is 1. The summed E-state index contributed by atoms with van der Waals surface area (Å²) in [6, 6.07) is 14.3. The van der Waals surface area contributed by atoms with E-state index in [0.29, 0.717) is 6.61 Å². The van der Waals surface area contributed by atoms with Crippen molar-refractivity contribution < 1.29 is 4.74 Å². The fourth-order valence-electron chi connectivity index (χ4n) is 2.23. The third kappa shape index (κ3) is 3.60. The topological polar surface area (TPSA) is 34.1 Å². The predicted octanol–water partition coefficient (Wildman–Crippen LogP) is 3.77. The Morgan fingerprint density at radius 2 is 2.10 bits per heavy atom. The van der Waals surface area contributed by atoms with Gasteiger partial charge in [0.1, 0.15) is 12.4 Å². The van der Waals surface area contributed by atoms with E-state index in [9.17, 15) is 0 Å². The Morgan fingerprint density at radius 1 is 1.14 bits per heavy atom. The zero-order valence-electron chi connectivity index (χ0n) is 12.0. The zero-order chi connectivity index (χ0) is 14.5. The summed E-state index contributed by atoms with van der Waals surface area (Å²) >= 11 is 1.83. The number of aromatic nitrogens is 1. The van der Waals surface area contributed by atoms with E-state index in [-0.39, 0.29) is 0 Å². The van der Waals surface area contributed by atoms with Gasteiger partial charge in [0.05, 0.1) is 5.52 Å². The lowest BCUT2D eigenvalue weighted by molar-refractivity contribution is 0.317. The van der Waals surface area contributed by atoms with Crippen LogP contribution < -0.4 is 10.1 Å². The Labute approximate surface area is 128 Å². The molecule has 0 radical (unpaired) electrons. The Hall–Kier alpha value is -1.91. The van der Waals surface area contributed by atoms with Gasteiger partial charge < -0.3 is 10.1 Å². The molecule has 4 heteroatoms. The first kappa shape index (κ1) is 14.0. The van der Waals surface area contributed by atoms with Crippen LogP contribution in [0.25, 0.3) is 10.9 Å². The van der Waals surface area contributed by atoms with Crippen molar-refractivity contribution in [2.75, 3.05) is 13.2 Å². The molecule has 108 valence electrons. The standard InChI is InChI=1S/C17H18N2OS/c1-13-7-8-14(21-13)12-18-10-11-20-17-6-2-5-16-15(17)4-3-9-19-16/h2-9,18H,10-12H2,1H3. The normalized spacial score (nSPS) is 10.9. The van der Waals surface area contributed by atoms with E-state index in [1.807, 2.05) is 41.7 Å². The van der Waals surface area contributed by atoms with Crippen molar-refractivity contribution in [2.24, 2.45) is 0 Å². The quantitative estimate of drug-likeness (QED) is 0.703. The van der Waals surface area contributed by atoms with Crippen LogP contribution in [-0.4, -0.2) is 18.1 Å². The molecule has 0 aliphatic heterocycles. The van der Waals surface area contributed by atoms with Crippen LogP contribution in [0.2, 0.25) is 0 Å². The van der Waals surface area contributed by atoms with Crippen molar-refractivity contribution in [3.63, 3.8) is 0 Å². The Morgan fingerprint density at radius 3 is 2.95 bits per heavy atom. The van der Waals surface area contributed by atoms with Gasteiger partial charge in [0.15, 0.2) is 0 Å². The van der Waals surface area contributed by atoms with E-state index >= 15 is 0 Å². The number of thiophene rings is 1. The highest BCUT2D eigenvalue weighted by Crippen LogP contribution is 2.23. The lowest BCUT2D eigenvalue weighted by Gasteiger charge is -2.09. The maximum Gasteiger partial charge on any atom is 0.128 e. The summed E-state index contributed by atoms with van der Waals surface area (Å²) in [5.41, 5.74) is 0.969. The Bertz CT molecular complexity index is 718. The zero-order valence-corrected chi connectivity index (χ0v) is 12.8. The van der Waals surface area contributed by atoms with E-state index < -0.39 is 0 Å². The van der Waals surface area contributed by atoms with E-state index in [0.717, 1.165) is 29.7 Å². The number of aryl methyl sites for hydroxylation is 1. The molecule has 2 heterocycles. The van der Waals surface area contributed by atoms with Crippen molar-refractivity contribution in [1.29, 1.82) is 0 Å². The first-order valence-electron chi connectivity index (χ1n) is 7.05. The lowest BCUT2D eigenvalue weighted by atomic mass is 10.2. The monoisotopic (exact) mass is 298 g/mol. The van der Waals surface area contributed by atoms with Gasteiger partial charge in [-0.3, -0.25) is 4.98 Å². The fourth-order valence-corrected chi connectivity index (χ4v) is 3.09. The van der Waals surface area contributed by atoms with Crippen LogP contribution >= 0.6 is 11.3 Å². The van der Waals surface area contributed by atoms with Crippen molar-refractivity contribution in [2.45, 2.75) is 13.5 Å². The van der Waals surface area contributed by atoms with Crippen LogP contribution in [0.1, 0.15) is 9.75 Å². The number of hydrogen-bond donors (Lipinski definition) is 1. The summed E-state index contributed by atoms with van der Waals surface area (Å²) in [4.78, 5) is 7.05. The van der Waals surface area contributed by atoms with Crippen LogP contribution in [0.5, 0.6) is 5.75 Å². The second-order valence-corrected chi connectivity index (χ2v) is 6.24. The highest BCUT2D eigenvalue weighted by Gasteiger charge is 2.02. The van der Waals surface area contributed by atoms with Crippen molar-refractivity contribution >= 4 is 22.2 Å². The van der Waals surface area contributed by atoms with E-state index in [1.54, 1.807) is 6.20 Å². The molecule has 0 aliphatic carbocycles. The fraction of sp³-hybridized carbons (Fsp3) is 0.235. The summed E-state index contributed by atoms with van der Waals surface area (Å²) < 4.78 is 5.86. The molecule has 1 aromatic carbocycles. The van der Waals surface area contributed by atoms with Crippen molar-refractivity contribution in [1.82, 2.24) is 10.3 Å².